The second kappa shape index (κ2) is 7.87. The second-order valence-electron chi connectivity index (χ2n) is 7.57. The molecule has 3 aromatic carbocycles. The molecule has 0 aromatic heterocycles. The SMILES string of the molecule is CCN(CC)c1ccc([C@H]2Nc3ccccc3C(=O)N2c2ccc3c(c2)OCO3)cc1. The van der Waals surface area contributed by atoms with Crippen LogP contribution in [0.25, 0.3) is 0 Å². The maximum absolute atomic E-state index is 13.6. The zero-order chi connectivity index (χ0) is 21.4. The van der Waals surface area contributed by atoms with Crippen molar-refractivity contribution >= 4 is 23.0 Å². The number of rotatable bonds is 5. The number of anilines is 3. The number of amides is 1. The highest BCUT2D eigenvalue weighted by Gasteiger charge is 2.34. The lowest BCUT2D eigenvalue weighted by Crippen LogP contribution is -2.43. The molecule has 0 unspecified atom stereocenters. The van der Waals surface area contributed by atoms with Crippen LogP contribution in [-0.2, 0) is 0 Å². The quantitative estimate of drug-likeness (QED) is 0.633. The number of nitrogens with zero attached hydrogens (tertiary/aromatic N) is 2. The van der Waals surface area contributed by atoms with Crippen LogP contribution in [0.4, 0.5) is 17.1 Å². The molecule has 5 rings (SSSR count). The van der Waals surface area contributed by atoms with E-state index < -0.39 is 0 Å². The van der Waals surface area contributed by atoms with Gasteiger partial charge in [-0.3, -0.25) is 9.69 Å². The summed E-state index contributed by atoms with van der Waals surface area (Å²) in [6.45, 7) is 6.40. The Morgan fingerprint density at radius 1 is 0.968 bits per heavy atom. The zero-order valence-electron chi connectivity index (χ0n) is 17.7. The van der Waals surface area contributed by atoms with Crippen LogP contribution >= 0.6 is 0 Å². The van der Waals surface area contributed by atoms with E-state index >= 15 is 0 Å². The standard InChI is InChI=1S/C25H25N3O3/c1-3-27(4-2)18-11-9-17(10-12-18)24-26-21-8-6-5-7-20(21)25(29)28(24)19-13-14-22-23(15-19)31-16-30-22/h5-15,24,26H,3-4,16H2,1-2H3/t24-/m0/s1. The Hall–Kier alpha value is -3.67. The van der Waals surface area contributed by atoms with Crippen LogP contribution in [0.1, 0.15) is 35.9 Å². The maximum Gasteiger partial charge on any atom is 0.262 e. The maximum atomic E-state index is 13.6. The lowest BCUT2D eigenvalue weighted by atomic mass is 10.0. The van der Waals surface area contributed by atoms with Crippen LogP contribution < -0.4 is 24.6 Å². The van der Waals surface area contributed by atoms with Crippen molar-refractivity contribution in [3.8, 4) is 11.5 Å². The van der Waals surface area contributed by atoms with Gasteiger partial charge in [-0.2, -0.15) is 0 Å². The number of carbonyl (C=O) groups is 1. The molecule has 0 aliphatic carbocycles. The molecule has 6 nitrogen and oxygen atoms in total. The minimum Gasteiger partial charge on any atom is -0.454 e. The van der Waals surface area contributed by atoms with Gasteiger partial charge in [-0.1, -0.05) is 24.3 Å². The summed E-state index contributed by atoms with van der Waals surface area (Å²) in [4.78, 5) is 17.7. The third kappa shape index (κ3) is 3.34. The number of nitrogens with one attached hydrogen (secondary N) is 1. The molecule has 6 heteroatoms. The monoisotopic (exact) mass is 415 g/mol. The topological polar surface area (TPSA) is 54.0 Å². The van der Waals surface area contributed by atoms with E-state index in [2.05, 4.69) is 48.3 Å². The Labute approximate surface area is 182 Å². The van der Waals surface area contributed by atoms with E-state index in [0.29, 0.717) is 17.1 Å². The van der Waals surface area contributed by atoms with Gasteiger partial charge in [0.25, 0.3) is 5.91 Å². The highest BCUT2D eigenvalue weighted by Crippen LogP contribution is 2.41. The molecule has 0 radical (unpaired) electrons. The summed E-state index contributed by atoms with van der Waals surface area (Å²) in [5.74, 6) is 1.30. The van der Waals surface area contributed by atoms with E-state index in [-0.39, 0.29) is 18.9 Å². The number of fused-ring (bicyclic) bond motifs is 2. The number of para-hydroxylation sites is 1. The van der Waals surface area contributed by atoms with Gasteiger partial charge in [0.2, 0.25) is 6.79 Å². The van der Waals surface area contributed by atoms with Gasteiger partial charge in [0.05, 0.1) is 11.3 Å². The largest absolute Gasteiger partial charge is 0.454 e. The molecule has 0 bridgehead atoms. The molecule has 31 heavy (non-hydrogen) atoms. The Balaban J connectivity index is 1.57. The molecule has 158 valence electrons. The Bertz CT molecular complexity index is 1110. The summed E-state index contributed by atoms with van der Waals surface area (Å²) >= 11 is 0. The number of carbonyl (C=O) groups excluding carboxylic acids is 1. The Morgan fingerprint density at radius 2 is 1.71 bits per heavy atom. The molecule has 1 N–H and O–H groups in total. The Morgan fingerprint density at radius 3 is 2.48 bits per heavy atom. The zero-order valence-corrected chi connectivity index (χ0v) is 17.7. The fraction of sp³-hybridized carbons (Fsp3) is 0.240. The van der Waals surface area contributed by atoms with Gasteiger partial charge in [-0.15, -0.1) is 0 Å². The Kier molecular flexibility index (Phi) is 4.90. The fourth-order valence-electron chi connectivity index (χ4n) is 4.24. The van der Waals surface area contributed by atoms with Crippen molar-refractivity contribution in [2.75, 3.05) is 35.0 Å². The normalized spacial score (nSPS) is 16.6. The lowest BCUT2D eigenvalue weighted by molar-refractivity contribution is 0.0975. The van der Waals surface area contributed by atoms with Crippen molar-refractivity contribution in [1.29, 1.82) is 0 Å². The second-order valence-corrected chi connectivity index (χ2v) is 7.57. The van der Waals surface area contributed by atoms with Gasteiger partial charge in [0.1, 0.15) is 6.17 Å². The third-order valence-electron chi connectivity index (χ3n) is 5.90. The average Bonchev–Trinajstić information content (AvgIpc) is 3.28. The van der Waals surface area contributed by atoms with Crippen molar-refractivity contribution < 1.29 is 14.3 Å². The lowest BCUT2D eigenvalue weighted by Gasteiger charge is -2.38. The number of hydrogen-bond acceptors (Lipinski definition) is 5. The van der Waals surface area contributed by atoms with Gasteiger partial charge in [0, 0.05) is 30.5 Å². The molecular weight excluding hydrogens is 390 g/mol. The summed E-state index contributed by atoms with van der Waals surface area (Å²) in [5.41, 5.74) is 4.43. The molecular formula is C25H25N3O3. The van der Waals surface area contributed by atoms with E-state index in [0.717, 1.165) is 30.0 Å². The molecule has 0 saturated heterocycles. The van der Waals surface area contributed by atoms with Crippen molar-refractivity contribution in [3.63, 3.8) is 0 Å². The third-order valence-corrected chi connectivity index (χ3v) is 5.90. The average molecular weight is 415 g/mol. The van der Waals surface area contributed by atoms with Crippen molar-refractivity contribution in [2.24, 2.45) is 0 Å². The number of benzene rings is 3. The summed E-state index contributed by atoms with van der Waals surface area (Å²) in [5, 5.41) is 3.56. The molecule has 2 aliphatic rings. The van der Waals surface area contributed by atoms with Crippen LogP contribution in [-0.4, -0.2) is 25.8 Å². The summed E-state index contributed by atoms with van der Waals surface area (Å²) in [7, 11) is 0. The predicted molar refractivity (Wildman–Crippen MR) is 122 cm³/mol. The number of hydrogen-bond donors (Lipinski definition) is 1. The van der Waals surface area contributed by atoms with Crippen LogP contribution in [0.5, 0.6) is 11.5 Å². The first-order valence-electron chi connectivity index (χ1n) is 10.6. The van der Waals surface area contributed by atoms with E-state index in [1.807, 2.05) is 42.5 Å². The predicted octanol–water partition coefficient (Wildman–Crippen LogP) is 5.03. The summed E-state index contributed by atoms with van der Waals surface area (Å²) in [6, 6.07) is 21.7. The molecule has 2 aliphatic heterocycles. The van der Waals surface area contributed by atoms with Crippen LogP contribution in [0.15, 0.2) is 66.7 Å². The van der Waals surface area contributed by atoms with Crippen molar-refractivity contribution in [1.82, 2.24) is 0 Å². The smallest absolute Gasteiger partial charge is 0.262 e. The molecule has 2 heterocycles. The van der Waals surface area contributed by atoms with Gasteiger partial charge < -0.3 is 19.7 Å². The van der Waals surface area contributed by atoms with Crippen LogP contribution in [0.2, 0.25) is 0 Å². The molecule has 0 spiro atoms. The molecule has 1 amide bonds. The number of ether oxygens (including phenoxy) is 2. The summed E-state index contributed by atoms with van der Waals surface area (Å²) in [6.07, 6.45) is -0.339. The first-order chi connectivity index (χ1) is 15.2. The first kappa shape index (κ1) is 19.3. The van der Waals surface area contributed by atoms with Gasteiger partial charge in [0.15, 0.2) is 11.5 Å². The highest BCUT2D eigenvalue weighted by molar-refractivity contribution is 6.12. The van der Waals surface area contributed by atoms with Crippen molar-refractivity contribution in [2.45, 2.75) is 20.0 Å². The molecule has 1 atom stereocenters. The molecule has 0 fully saturated rings. The molecule has 0 saturated carbocycles. The van der Waals surface area contributed by atoms with E-state index in [4.69, 9.17) is 9.47 Å². The van der Waals surface area contributed by atoms with Gasteiger partial charge in [-0.25, -0.2) is 0 Å². The van der Waals surface area contributed by atoms with Gasteiger partial charge in [-0.05, 0) is 55.8 Å². The minimum atomic E-state index is -0.339. The summed E-state index contributed by atoms with van der Waals surface area (Å²) < 4.78 is 11.0. The first-order valence-corrected chi connectivity index (χ1v) is 10.6. The minimum absolute atomic E-state index is 0.0500. The van der Waals surface area contributed by atoms with Gasteiger partial charge >= 0.3 is 0 Å². The van der Waals surface area contributed by atoms with E-state index in [1.54, 1.807) is 4.90 Å². The van der Waals surface area contributed by atoms with E-state index in [1.165, 1.54) is 5.69 Å². The fourth-order valence-corrected chi connectivity index (χ4v) is 4.24. The highest BCUT2D eigenvalue weighted by atomic mass is 16.7. The van der Waals surface area contributed by atoms with E-state index in [9.17, 15) is 4.79 Å². The van der Waals surface area contributed by atoms with Crippen LogP contribution in [0.3, 0.4) is 0 Å². The van der Waals surface area contributed by atoms with Crippen LogP contribution in [0, 0.1) is 0 Å². The molecule has 3 aromatic rings. The van der Waals surface area contributed by atoms with Crippen molar-refractivity contribution in [3.05, 3.63) is 77.9 Å².